The SMILES string of the molecule is Cc1ccccc1NC(=O)CCN1C(=S)N[C@@H](c2ccccn2)[C@H]1c1cccn1-c1ccncc1. The number of amides is 1. The molecule has 1 saturated heterocycles. The molecule has 4 heterocycles. The van der Waals surface area contributed by atoms with Crippen LogP contribution < -0.4 is 10.6 Å². The summed E-state index contributed by atoms with van der Waals surface area (Å²) in [5.41, 5.74) is 4.82. The lowest BCUT2D eigenvalue weighted by Crippen LogP contribution is -2.33. The van der Waals surface area contributed by atoms with E-state index in [1.165, 1.54) is 0 Å². The summed E-state index contributed by atoms with van der Waals surface area (Å²) in [6.07, 6.45) is 7.68. The van der Waals surface area contributed by atoms with Crippen LogP contribution in [0.15, 0.2) is 91.5 Å². The zero-order valence-corrected chi connectivity index (χ0v) is 20.2. The number of hydrogen-bond donors (Lipinski definition) is 2. The fourth-order valence-corrected chi connectivity index (χ4v) is 4.82. The molecule has 5 rings (SSSR count). The number of benzene rings is 1. The Kier molecular flexibility index (Phi) is 6.54. The average Bonchev–Trinajstić information content (AvgIpc) is 3.49. The van der Waals surface area contributed by atoms with Crippen LogP contribution in [0.3, 0.4) is 0 Å². The van der Waals surface area contributed by atoms with E-state index < -0.39 is 0 Å². The molecule has 35 heavy (non-hydrogen) atoms. The number of nitrogens with zero attached hydrogens (tertiary/aromatic N) is 4. The van der Waals surface area contributed by atoms with Gasteiger partial charge in [0, 0.05) is 54.8 Å². The van der Waals surface area contributed by atoms with E-state index in [0.29, 0.717) is 18.1 Å². The van der Waals surface area contributed by atoms with Crippen LogP contribution in [0, 0.1) is 6.92 Å². The summed E-state index contributed by atoms with van der Waals surface area (Å²) in [6.45, 7) is 2.45. The summed E-state index contributed by atoms with van der Waals surface area (Å²) in [7, 11) is 0. The average molecular weight is 483 g/mol. The number of para-hydroxylation sites is 1. The third-order valence-electron chi connectivity index (χ3n) is 6.22. The summed E-state index contributed by atoms with van der Waals surface area (Å²) in [6, 6.07) is 21.4. The van der Waals surface area contributed by atoms with Crippen molar-refractivity contribution in [2.45, 2.75) is 25.4 Å². The number of thiocarbonyl (C=S) groups is 1. The van der Waals surface area contributed by atoms with Gasteiger partial charge in [-0.2, -0.15) is 0 Å². The Balaban J connectivity index is 1.44. The van der Waals surface area contributed by atoms with Crippen molar-refractivity contribution in [3.8, 4) is 5.69 Å². The highest BCUT2D eigenvalue weighted by molar-refractivity contribution is 7.80. The lowest BCUT2D eigenvalue weighted by molar-refractivity contribution is -0.116. The molecule has 4 aromatic rings. The van der Waals surface area contributed by atoms with Crippen LogP contribution >= 0.6 is 12.2 Å². The molecular formula is C27H26N6OS. The lowest BCUT2D eigenvalue weighted by Gasteiger charge is -2.28. The standard InChI is InChI=1S/C27H26N6OS/c1-19-7-2-3-8-21(19)30-24(34)13-18-33-26(25(31-27(33)35)22-9-4-5-14-29-22)23-10-6-17-32(23)20-11-15-28-16-12-20/h2-12,14-17,25-26H,13,18H2,1H3,(H,30,34)(H,31,35)/t25-,26+/m0/s1. The quantitative estimate of drug-likeness (QED) is 0.376. The van der Waals surface area contributed by atoms with Crippen molar-refractivity contribution in [3.05, 3.63) is 108 Å². The molecule has 0 saturated carbocycles. The van der Waals surface area contributed by atoms with Crippen LogP contribution in [-0.4, -0.2) is 37.0 Å². The van der Waals surface area contributed by atoms with Crippen molar-refractivity contribution >= 4 is 28.9 Å². The van der Waals surface area contributed by atoms with E-state index in [2.05, 4.69) is 36.1 Å². The molecule has 2 atom stereocenters. The number of pyridine rings is 2. The van der Waals surface area contributed by atoms with Crippen LogP contribution in [0.4, 0.5) is 5.69 Å². The Morgan fingerprint density at radius 1 is 1.03 bits per heavy atom. The summed E-state index contributed by atoms with van der Waals surface area (Å²) < 4.78 is 2.14. The molecule has 1 aliphatic heterocycles. The first-order valence-electron chi connectivity index (χ1n) is 11.5. The molecule has 3 aromatic heterocycles. The van der Waals surface area contributed by atoms with E-state index in [1.54, 1.807) is 18.6 Å². The summed E-state index contributed by atoms with van der Waals surface area (Å²) in [5, 5.41) is 7.09. The van der Waals surface area contributed by atoms with Gasteiger partial charge in [-0.05, 0) is 67.2 Å². The highest BCUT2D eigenvalue weighted by Gasteiger charge is 2.41. The molecular weight excluding hydrogens is 456 g/mol. The van der Waals surface area contributed by atoms with Crippen molar-refractivity contribution < 1.29 is 4.79 Å². The highest BCUT2D eigenvalue weighted by atomic mass is 32.1. The van der Waals surface area contributed by atoms with Gasteiger partial charge in [0.15, 0.2) is 5.11 Å². The number of nitrogens with one attached hydrogen (secondary N) is 2. The molecule has 8 heteroatoms. The number of aromatic nitrogens is 3. The van der Waals surface area contributed by atoms with Gasteiger partial charge in [-0.25, -0.2) is 0 Å². The van der Waals surface area contributed by atoms with Gasteiger partial charge in [-0.3, -0.25) is 14.8 Å². The maximum Gasteiger partial charge on any atom is 0.226 e. The Hall–Kier alpha value is -4.04. The third kappa shape index (κ3) is 4.79. The van der Waals surface area contributed by atoms with Gasteiger partial charge in [0.05, 0.1) is 17.8 Å². The van der Waals surface area contributed by atoms with Crippen molar-refractivity contribution in [2.24, 2.45) is 0 Å². The van der Waals surface area contributed by atoms with Gasteiger partial charge in [-0.1, -0.05) is 24.3 Å². The number of rotatable bonds is 7. The second-order valence-electron chi connectivity index (χ2n) is 8.44. The van der Waals surface area contributed by atoms with Gasteiger partial charge in [0.1, 0.15) is 0 Å². The molecule has 176 valence electrons. The molecule has 1 amide bonds. The van der Waals surface area contributed by atoms with E-state index in [9.17, 15) is 4.79 Å². The minimum Gasteiger partial charge on any atom is -0.352 e. The predicted molar refractivity (Wildman–Crippen MR) is 140 cm³/mol. The second-order valence-corrected chi connectivity index (χ2v) is 8.83. The molecule has 2 N–H and O–H groups in total. The molecule has 1 fully saturated rings. The van der Waals surface area contributed by atoms with Crippen LogP contribution in [0.2, 0.25) is 0 Å². The molecule has 0 unspecified atom stereocenters. The fraction of sp³-hybridized carbons (Fsp3) is 0.185. The topological polar surface area (TPSA) is 75.1 Å². The summed E-state index contributed by atoms with van der Waals surface area (Å²) >= 11 is 5.77. The minimum atomic E-state index is -0.154. The Morgan fingerprint density at radius 2 is 1.83 bits per heavy atom. The number of hydrogen-bond acceptors (Lipinski definition) is 4. The van der Waals surface area contributed by atoms with E-state index >= 15 is 0 Å². The van der Waals surface area contributed by atoms with Crippen molar-refractivity contribution in [1.29, 1.82) is 0 Å². The van der Waals surface area contributed by atoms with Crippen LogP contribution in [0.1, 0.15) is 35.5 Å². The van der Waals surface area contributed by atoms with Crippen molar-refractivity contribution in [1.82, 2.24) is 24.8 Å². The van der Waals surface area contributed by atoms with Gasteiger partial charge < -0.3 is 20.1 Å². The van der Waals surface area contributed by atoms with Crippen LogP contribution in [0.25, 0.3) is 5.69 Å². The van der Waals surface area contributed by atoms with Crippen LogP contribution in [0.5, 0.6) is 0 Å². The first-order valence-corrected chi connectivity index (χ1v) is 11.9. The third-order valence-corrected chi connectivity index (χ3v) is 6.57. The van der Waals surface area contributed by atoms with E-state index in [-0.39, 0.29) is 18.0 Å². The zero-order valence-electron chi connectivity index (χ0n) is 19.3. The second kappa shape index (κ2) is 10.1. The summed E-state index contributed by atoms with van der Waals surface area (Å²) in [5.74, 6) is -0.0494. The van der Waals surface area contributed by atoms with Gasteiger partial charge >= 0.3 is 0 Å². The van der Waals surface area contributed by atoms with Crippen molar-refractivity contribution in [3.63, 3.8) is 0 Å². The van der Waals surface area contributed by atoms with Gasteiger partial charge in [0.2, 0.25) is 5.91 Å². The van der Waals surface area contributed by atoms with E-state index in [1.807, 2.05) is 73.8 Å². The minimum absolute atomic E-state index is 0.0494. The first kappa shape index (κ1) is 22.7. The molecule has 0 radical (unpaired) electrons. The fourth-order valence-electron chi connectivity index (χ4n) is 4.49. The highest BCUT2D eigenvalue weighted by Crippen LogP contribution is 2.39. The van der Waals surface area contributed by atoms with E-state index in [0.717, 1.165) is 28.3 Å². The molecule has 1 aromatic carbocycles. The van der Waals surface area contributed by atoms with Gasteiger partial charge in [-0.15, -0.1) is 0 Å². The molecule has 7 nitrogen and oxygen atoms in total. The molecule has 0 bridgehead atoms. The number of aryl methyl sites for hydroxylation is 1. The Bertz CT molecular complexity index is 1320. The maximum absolute atomic E-state index is 12.8. The Labute approximate surface area is 209 Å². The van der Waals surface area contributed by atoms with Gasteiger partial charge in [0.25, 0.3) is 0 Å². The largest absolute Gasteiger partial charge is 0.352 e. The number of anilines is 1. The Morgan fingerprint density at radius 3 is 2.60 bits per heavy atom. The molecule has 0 spiro atoms. The molecule has 1 aliphatic rings. The smallest absolute Gasteiger partial charge is 0.226 e. The molecule has 0 aliphatic carbocycles. The predicted octanol–water partition coefficient (Wildman–Crippen LogP) is 4.58. The van der Waals surface area contributed by atoms with Crippen LogP contribution in [-0.2, 0) is 4.79 Å². The lowest BCUT2D eigenvalue weighted by atomic mass is 10.0. The first-order chi connectivity index (χ1) is 17.1. The zero-order chi connectivity index (χ0) is 24.2. The summed E-state index contributed by atoms with van der Waals surface area (Å²) in [4.78, 5) is 23.7. The number of carbonyl (C=O) groups excluding carboxylic acids is 1. The maximum atomic E-state index is 12.8. The number of carbonyl (C=O) groups is 1. The van der Waals surface area contributed by atoms with E-state index in [4.69, 9.17) is 12.2 Å². The van der Waals surface area contributed by atoms with Crippen molar-refractivity contribution in [2.75, 3.05) is 11.9 Å². The normalized spacial score (nSPS) is 17.3. The monoisotopic (exact) mass is 482 g/mol.